The summed E-state index contributed by atoms with van der Waals surface area (Å²) in [6.45, 7) is 3.43. The Morgan fingerprint density at radius 3 is 2.94 bits per heavy atom. The summed E-state index contributed by atoms with van der Waals surface area (Å²) >= 11 is 1.37. The molecular weight excluding hydrogens is 253 g/mol. The lowest BCUT2D eigenvalue weighted by Crippen LogP contribution is -2.50. The number of nitrogens with zero attached hydrogens (tertiary/aromatic N) is 2. The molecule has 0 unspecified atom stereocenters. The molecule has 0 saturated carbocycles. The second-order valence-electron chi connectivity index (χ2n) is 4.21. The van der Waals surface area contributed by atoms with Crippen LogP contribution in [0.5, 0.6) is 5.75 Å². The molecule has 4 nitrogen and oxygen atoms in total. The van der Waals surface area contributed by atoms with E-state index in [9.17, 15) is 4.39 Å². The second-order valence-corrected chi connectivity index (χ2v) is 4.84. The number of hydrogen-bond acceptors (Lipinski definition) is 5. The van der Waals surface area contributed by atoms with Crippen LogP contribution in [-0.4, -0.2) is 28.6 Å². The van der Waals surface area contributed by atoms with Gasteiger partial charge in [-0.2, -0.15) is 4.37 Å². The van der Waals surface area contributed by atoms with Crippen LogP contribution >= 0.6 is 11.5 Å². The summed E-state index contributed by atoms with van der Waals surface area (Å²) in [5.74, 6) is -0.163. The SMILES string of the molecule is Cc1nscc1-c1cc(OC2CNC2)c(F)cn1. The second kappa shape index (κ2) is 4.62. The molecule has 0 aliphatic carbocycles. The van der Waals surface area contributed by atoms with Crippen molar-refractivity contribution in [2.75, 3.05) is 13.1 Å². The molecule has 1 N–H and O–H groups in total. The van der Waals surface area contributed by atoms with Crippen molar-refractivity contribution in [2.45, 2.75) is 13.0 Å². The first kappa shape index (κ1) is 11.6. The number of halogens is 1. The summed E-state index contributed by atoms with van der Waals surface area (Å²) in [6, 6.07) is 1.64. The molecule has 2 aromatic heterocycles. The Labute approximate surface area is 108 Å². The Morgan fingerprint density at radius 2 is 2.33 bits per heavy atom. The Bertz CT molecular complexity index is 568. The first-order valence-corrected chi connectivity index (χ1v) is 6.52. The average molecular weight is 265 g/mol. The molecule has 94 valence electrons. The van der Waals surface area contributed by atoms with Crippen LogP contribution < -0.4 is 10.1 Å². The van der Waals surface area contributed by atoms with Gasteiger partial charge in [0, 0.05) is 30.1 Å². The van der Waals surface area contributed by atoms with E-state index < -0.39 is 5.82 Å². The molecule has 3 rings (SSSR count). The maximum absolute atomic E-state index is 13.6. The molecule has 1 aliphatic rings. The summed E-state index contributed by atoms with van der Waals surface area (Å²) in [4.78, 5) is 4.09. The Balaban J connectivity index is 1.92. The van der Waals surface area contributed by atoms with Crippen LogP contribution in [0.3, 0.4) is 0 Å². The molecule has 0 bridgehead atoms. The predicted octanol–water partition coefficient (Wildman–Crippen LogP) is 2.00. The van der Waals surface area contributed by atoms with Gasteiger partial charge in [-0.15, -0.1) is 0 Å². The highest BCUT2D eigenvalue weighted by atomic mass is 32.1. The van der Waals surface area contributed by atoms with Crippen LogP contribution in [0.4, 0.5) is 4.39 Å². The van der Waals surface area contributed by atoms with Crippen molar-refractivity contribution in [3.05, 3.63) is 29.2 Å². The van der Waals surface area contributed by atoms with E-state index in [-0.39, 0.29) is 11.9 Å². The van der Waals surface area contributed by atoms with E-state index in [4.69, 9.17) is 4.74 Å². The van der Waals surface area contributed by atoms with Gasteiger partial charge in [0.05, 0.1) is 17.6 Å². The number of pyridine rings is 1. The lowest BCUT2D eigenvalue weighted by molar-refractivity contribution is 0.136. The van der Waals surface area contributed by atoms with E-state index in [1.54, 1.807) is 6.07 Å². The monoisotopic (exact) mass is 265 g/mol. The molecule has 0 aromatic carbocycles. The van der Waals surface area contributed by atoms with E-state index in [0.29, 0.717) is 5.69 Å². The largest absolute Gasteiger partial charge is 0.485 e. The quantitative estimate of drug-likeness (QED) is 0.922. The normalized spacial score (nSPS) is 15.4. The number of nitrogens with one attached hydrogen (secondary N) is 1. The van der Waals surface area contributed by atoms with Crippen molar-refractivity contribution in [1.29, 1.82) is 0 Å². The van der Waals surface area contributed by atoms with E-state index in [0.717, 1.165) is 24.3 Å². The summed E-state index contributed by atoms with van der Waals surface area (Å²) < 4.78 is 23.4. The first-order chi connectivity index (χ1) is 8.74. The van der Waals surface area contributed by atoms with Crippen LogP contribution in [0.25, 0.3) is 11.3 Å². The standard InChI is InChI=1S/C12H12FN3OS/c1-7-9(6-18-16-7)11-2-12(10(13)5-15-11)17-8-3-14-4-8/h2,5-6,8,14H,3-4H2,1H3. The molecule has 2 aromatic rings. The number of aryl methyl sites for hydroxylation is 1. The summed E-state index contributed by atoms with van der Waals surface area (Å²) in [5.41, 5.74) is 2.52. The summed E-state index contributed by atoms with van der Waals surface area (Å²) in [7, 11) is 0. The van der Waals surface area contributed by atoms with Crippen LogP contribution in [0.2, 0.25) is 0 Å². The smallest absolute Gasteiger partial charge is 0.183 e. The summed E-state index contributed by atoms with van der Waals surface area (Å²) in [5, 5.41) is 4.99. The molecule has 0 spiro atoms. The van der Waals surface area contributed by atoms with Crippen molar-refractivity contribution in [2.24, 2.45) is 0 Å². The topological polar surface area (TPSA) is 47.0 Å². The van der Waals surface area contributed by atoms with Gasteiger partial charge in [0.1, 0.15) is 6.10 Å². The van der Waals surface area contributed by atoms with Gasteiger partial charge in [-0.3, -0.25) is 4.98 Å². The van der Waals surface area contributed by atoms with Gasteiger partial charge >= 0.3 is 0 Å². The van der Waals surface area contributed by atoms with Crippen molar-refractivity contribution in [3.63, 3.8) is 0 Å². The lowest BCUT2D eigenvalue weighted by Gasteiger charge is -2.27. The van der Waals surface area contributed by atoms with E-state index in [2.05, 4.69) is 14.7 Å². The molecule has 0 atom stereocenters. The fraction of sp³-hybridized carbons (Fsp3) is 0.333. The van der Waals surface area contributed by atoms with E-state index in [1.807, 2.05) is 12.3 Å². The van der Waals surface area contributed by atoms with Gasteiger partial charge < -0.3 is 10.1 Å². The highest BCUT2D eigenvalue weighted by Gasteiger charge is 2.20. The molecule has 1 saturated heterocycles. The van der Waals surface area contributed by atoms with Crippen LogP contribution in [0, 0.1) is 12.7 Å². The molecule has 0 radical (unpaired) electrons. The van der Waals surface area contributed by atoms with Gasteiger partial charge in [-0.1, -0.05) is 0 Å². The molecule has 0 amide bonds. The van der Waals surface area contributed by atoms with Gasteiger partial charge in [0.2, 0.25) is 0 Å². The third-order valence-electron chi connectivity index (χ3n) is 2.88. The van der Waals surface area contributed by atoms with Crippen molar-refractivity contribution in [1.82, 2.24) is 14.7 Å². The molecule has 1 aliphatic heterocycles. The zero-order chi connectivity index (χ0) is 12.5. The average Bonchev–Trinajstić information content (AvgIpc) is 2.72. The summed E-state index contributed by atoms with van der Waals surface area (Å²) in [6.07, 6.45) is 1.25. The molecule has 18 heavy (non-hydrogen) atoms. The first-order valence-electron chi connectivity index (χ1n) is 5.68. The Morgan fingerprint density at radius 1 is 1.50 bits per heavy atom. The third-order valence-corrected chi connectivity index (χ3v) is 3.60. The van der Waals surface area contributed by atoms with Gasteiger partial charge in [0.25, 0.3) is 0 Å². The van der Waals surface area contributed by atoms with E-state index in [1.165, 1.54) is 17.7 Å². The van der Waals surface area contributed by atoms with Gasteiger partial charge in [-0.25, -0.2) is 4.39 Å². The fourth-order valence-corrected chi connectivity index (χ4v) is 2.43. The molecular formula is C12H12FN3OS. The minimum atomic E-state index is -0.425. The predicted molar refractivity (Wildman–Crippen MR) is 67.3 cm³/mol. The minimum absolute atomic E-state index is 0.0523. The third kappa shape index (κ3) is 2.09. The number of hydrogen-bond donors (Lipinski definition) is 1. The number of ether oxygens (including phenoxy) is 1. The number of aromatic nitrogens is 2. The van der Waals surface area contributed by atoms with Crippen molar-refractivity contribution in [3.8, 4) is 17.0 Å². The maximum atomic E-state index is 13.6. The van der Waals surface area contributed by atoms with Crippen LogP contribution in [0.1, 0.15) is 5.69 Å². The fourth-order valence-electron chi connectivity index (χ4n) is 1.72. The van der Waals surface area contributed by atoms with Crippen LogP contribution in [-0.2, 0) is 0 Å². The van der Waals surface area contributed by atoms with Gasteiger partial charge in [-0.05, 0) is 18.5 Å². The lowest BCUT2D eigenvalue weighted by atomic mass is 10.1. The van der Waals surface area contributed by atoms with E-state index >= 15 is 0 Å². The van der Waals surface area contributed by atoms with Crippen molar-refractivity contribution < 1.29 is 9.13 Å². The Kier molecular flexibility index (Phi) is 2.97. The zero-order valence-electron chi connectivity index (χ0n) is 9.81. The maximum Gasteiger partial charge on any atom is 0.183 e. The highest BCUT2D eigenvalue weighted by Crippen LogP contribution is 2.28. The number of rotatable bonds is 3. The highest BCUT2D eigenvalue weighted by molar-refractivity contribution is 7.04. The molecule has 6 heteroatoms. The molecule has 3 heterocycles. The minimum Gasteiger partial charge on any atom is -0.485 e. The molecule has 1 fully saturated rings. The zero-order valence-corrected chi connectivity index (χ0v) is 10.6. The van der Waals surface area contributed by atoms with Crippen molar-refractivity contribution >= 4 is 11.5 Å². The van der Waals surface area contributed by atoms with Gasteiger partial charge in [0.15, 0.2) is 11.6 Å². The Hall–Kier alpha value is -1.53. The van der Waals surface area contributed by atoms with Crippen LogP contribution in [0.15, 0.2) is 17.6 Å².